The second kappa shape index (κ2) is 11.7. The highest BCUT2D eigenvalue weighted by molar-refractivity contribution is 6.30. The van der Waals surface area contributed by atoms with E-state index in [0.717, 1.165) is 56.4 Å². The first-order chi connectivity index (χ1) is 15.0. The van der Waals surface area contributed by atoms with Crippen LogP contribution in [0.4, 0.5) is 0 Å². The van der Waals surface area contributed by atoms with Gasteiger partial charge in [0.2, 0.25) is 5.91 Å². The number of carbonyl (C=O) groups excluding carboxylic acids is 1. The number of hydrogen-bond donors (Lipinski definition) is 3. The highest BCUT2D eigenvalue weighted by Crippen LogP contribution is 2.18. The van der Waals surface area contributed by atoms with E-state index in [1.165, 1.54) is 16.7 Å². The molecule has 1 aliphatic heterocycles. The van der Waals surface area contributed by atoms with E-state index in [1.807, 2.05) is 18.2 Å². The molecule has 0 spiro atoms. The Morgan fingerprint density at radius 2 is 1.94 bits per heavy atom. The molecule has 7 heteroatoms. The summed E-state index contributed by atoms with van der Waals surface area (Å²) in [5.41, 5.74) is 9.14. The van der Waals surface area contributed by atoms with E-state index in [-0.39, 0.29) is 11.8 Å². The minimum atomic E-state index is -0.183. The molecule has 4 N–H and O–H groups in total. The smallest absolute Gasteiger partial charge is 0.221 e. The first kappa shape index (κ1) is 23.1. The molecule has 1 aliphatic rings. The van der Waals surface area contributed by atoms with E-state index in [4.69, 9.17) is 17.3 Å². The molecule has 0 aromatic heterocycles. The summed E-state index contributed by atoms with van der Waals surface area (Å²) in [6, 6.07) is 16.4. The molecule has 0 saturated carbocycles. The van der Waals surface area contributed by atoms with Crippen LogP contribution in [0.5, 0.6) is 0 Å². The van der Waals surface area contributed by atoms with Crippen LogP contribution >= 0.6 is 11.6 Å². The van der Waals surface area contributed by atoms with Gasteiger partial charge in [-0.15, -0.1) is 0 Å². The molecule has 0 radical (unpaired) electrons. The molecule has 0 bridgehead atoms. The maximum atomic E-state index is 11.5. The molecule has 2 aromatic carbocycles. The van der Waals surface area contributed by atoms with Gasteiger partial charge < -0.3 is 16.4 Å². The number of nitrogens with zero attached hydrogens (tertiary/aromatic N) is 2. The SMILES string of the molecule is CN=C(NCCc1cccc(Cl)c1)NCc1cccc(CN2CCCC(C(N)=O)C2)c1. The molecule has 2 aromatic rings. The number of hydrogen-bond acceptors (Lipinski definition) is 3. The fourth-order valence-corrected chi connectivity index (χ4v) is 4.16. The highest BCUT2D eigenvalue weighted by atomic mass is 35.5. The van der Waals surface area contributed by atoms with Crippen LogP contribution in [0.1, 0.15) is 29.5 Å². The Labute approximate surface area is 189 Å². The fourth-order valence-electron chi connectivity index (χ4n) is 3.95. The first-order valence-electron chi connectivity index (χ1n) is 10.8. The third kappa shape index (κ3) is 7.56. The highest BCUT2D eigenvalue weighted by Gasteiger charge is 2.23. The van der Waals surface area contributed by atoms with Gasteiger partial charge in [-0.2, -0.15) is 0 Å². The van der Waals surface area contributed by atoms with Crippen molar-refractivity contribution in [2.45, 2.75) is 32.4 Å². The molecule has 6 nitrogen and oxygen atoms in total. The van der Waals surface area contributed by atoms with Crippen molar-refractivity contribution in [1.82, 2.24) is 15.5 Å². The predicted octanol–water partition coefficient (Wildman–Crippen LogP) is 2.95. The lowest BCUT2D eigenvalue weighted by atomic mass is 9.97. The topological polar surface area (TPSA) is 82.8 Å². The number of piperidine rings is 1. The molecule has 1 amide bonds. The number of amides is 1. The van der Waals surface area contributed by atoms with Gasteiger partial charge >= 0.3 is 0 Å². The van der Waals surface area contributed by atoms with Crippen molar-refractivity contribution in [2.24, 2.45) is 16.6 Å². The van der Waals surface area contributed by atoms with Crippen molar-refractivity contribution >= 4 is 23.5 Å². The molecule has 1 unspecified atom stereocenters. The van der Waals surface area contributed by atoms with Gasteiger partial charge in [0.05, 0.1) is 5.92 Å². The zero-order valence-corrected chi connectivity index (χ0v) is 18.9. The van der Waals surface area contributed by atoms with Gasteiger partial charge in [0.15, 0.2) is 5.96 Å². The second-order valence-electron chi connectivity index (χ2n) is 8.03. The molecule has 3 rings (SSSR count). The van der Waals surface area contributed by atoms with Crippen molar-refractivity contribution in [3.63, 3.8) is 0 Å². The standard InChI is InChI=1S/C24H32ClN5O/c1-27-24(28-11-10-18-5-3-9-22(25)14-18)29-15-19-6-2-7-20(13-19)16-30-12-4-8-21(17-30)23(26)31/h2-3,5-7,9,13-14,21H,4,8,10-12,15-17H2,1H3,(H2,26,31)(H2,27,28,29). The van der Waals surface area contributed by atoms with E-state index in [9.17, 15) is 4.79 Å². The summed E-state index contributed by atoms with van der Waals surface area (Å²) >= 11 is 6.05. The van der Waals surface area contributed by atoms with Gasteiger partial charge in [0.1, 0.15) is 0 Å². The predicted molar refractivity (Wildman–Crippen MR) is 127 cm³/mol. The molecule has 166 valence electrons. The number of nitrogens with one attached hydrogen (secondary N) is 2. The Balaban J connectivity index is 1.46. The first-order valence-corrected chi connectivity index (χ1v) is 11.2. The van der Waals surface area contributed by atoms with Crippen LogP contribution in [0, 0.1) is 5.92 Å². The van der Waals surface area contributed by atoms with Gasteiger partial charge in [-0.3, -0.25) is 14.7 Å². The molecule has 1 fully saturated rings. The molecule has 0 aliphatic carbocycles. The number of guanidine groups is 1. The van der Waals surface area contributed by atoms with E-state index in [0.29, 0.717) is 6.54 Å². The summed E-state index contributed by atoms with van der Waals surface area (Å²) in [5, 5.41) is 7.48. The normalized spacial score (nSPS) is 17.4. The number of primary amides is 1. The van der Waals surface area contributed by atoms with Crippen molar-refractivity contribution < 1.29 is 4.79 Å². The number of carbonyl (C=O) groups is 1. The largest absolute Gasteiger partial charge is 0.369 e. The van der Waals surface area contributed by atoms with Crippen molar-refractivity contribution in [3.8, 4) is 0 Å². The average Bonchev–Trinajstić information content (AvgIpc) is 2.76. The lowest BCUT2D eigenvalue weighted by molar-refractivity contribution is -0.123. The molecule has 31 heavy (non-hydrogen) atoms. The second-order valence-corrected chi connectivity index (χ2v) is 8.47. The molecule has 1 saturated heterocycles. The Kier molecular flexibility index (Phi) is 8.74. The lowest BCUT2D eigenvalue weighted by Gasteiger charge is -2.31. The third-order valence-corrected chi connectivity index (χ3v) is 5.82. The number of likely N-dealkylation sites (tertiary alicyclic amines) is 1. The van der Waals surface area contributed by atoms with Crippen molar-refractivity contribution in [1.29, 1.82) is 0 Å². The minimum Gasteiger partial charge on any atom is -0.369 e. The van der Waals surface area contributed by atoms with Crippen LogP contribution in [0.3, 0.4) is 0 Å². The van der Waals surface area contributed by atoms with Crippen LogP contribution in [-0.4, -0.2) is 43.4 Å². The number of halogens is 1. The van der Waals surface area contributed by atoms with Gasteiger partial charge in [-0.25, -0.2) is 0 Å². The number of aliphatic imine (C=N–C) groups is 1. The number of nitrogens with two attached hydrogens (primary N) is 1. The van der Waals surface area contributed by atoms with Crippen LogP contribution in [0.25, 0.3) is 0 Å². The van der Waals surface area contributed by atoms with Gasteiger partial charge in [-0.1, -0.05) is 48.0 Å². The Hall–Kier alpha value is -2.57. The summed E-state index contributed by atoms with van der Waals surface area (Å²) in [6.45, 7) is 4.06. The molecular weight excluding hydrogens is 410 g/mol. The summed E-state index contributed by atoms with van der Waals surface area (Å²) in [4.78, 5) is 18.1. The average molecular weight is 442 g/mol. The minimum absolute atomic E-state index is 0.0279. The lowest BCUT2D eigenvalue weighted by Crippen LogP contribution is -2.40. The summed E-state index contributed by atoms with van der Waals surface area (Å²) in [6.07, 6.45) is 2.80. The number of rotatable bonds is 8. The van der Waals surface area contributed by atoms with Gasteiger partial charge in [-0.05, 0) is 54.6 Å². The Bertz CT molecular complexity index is 901. The van der Waals surface area contributed by atoms with E-state index >= 15 is 0 Å². The Morgan fingerprint density at radius 3 is 2.71 bits per heavy atom. The van der Waals surface area contributed by atoms with E-state index < -0.39 is 0 Å². The van der Waals surface area contributed by atoms with Gasteiger partial charge in [0.25, 0.3) is 0 Å². The fraction of sp³-hybridized carbons (Fsp3) is 0.417. The maximum Gasteiger partial charge on any atom is 0.221 e. The van der Waals surface area contributed by atoms with Crippen LogP contribution in [0.15, 0.2) is 53.5 Å². The van der Waals surface area contributed by atoms with E-state index in [1.54, 1.807) is 7.05 Å². The summed E-state index contributed by atoms with van der Waals surface area (Å²) in [5.74, 6) is 0.560. The molecular formula is C24H32ClN5O. The summed E-state index contributed by atoms with van der Waals surface area (Å²) in [7, 11) is 1.77. The quantitative estimate of drug-likeness (QED) is 0.434. The van der Waals surface area contributed by atoms with Crippen LogP contribution in [-0.2, 0) is 24.3 Å². The third-order valence-electron chi connectivity index (χ3n) is 5.58. The zero-order valence-electron chi connectivity index (χ0n) is 18.1. The Morgan fingerprint density at radius 1 is 1.16 bits per heavy atom. The van der Waals surface area contributed by atoms with Crippen molar-refractivity contribution in [3.05, 3.63) is 70.2 Å². The van der Waals surface area contributed by atoms with E-state index in [2.05, 4.69) is 50.9 Å². The van der Waals surface area contributed by atoms with Crippen molar-refractivity contribution in [2.75, 3.05) is 26.7 Å². The molecule has 1 atom stereocenters. The van der Waals surface area contributed by atoms with Crippen LogP contribution in [0.2, 0.25) is 5.02 Å². The zero-order chi connectivity index (χ0) is 22.1. The summed E-state index contributed by atoms with van der Waals surface area (Å²) < 4.78 is 0. The number of benzene rings is 2. The van der Waals surface area contributed by atoms with Crippen LogP contribution < -0.4 is 16.4 Å². The van der Waals surface area contributed by atoms with Gasteiger partial charge in [0, 0.05) is 38.2 Å². The maximum absolute atomic E-state index is 11.5. The molecule has 1 heterocycles. The monoisotopic (exact) mass is 441 g/mol.